The molecule has 0 N–H and O–H groups in total. The van der Waals surface area contributed by atoms with Crippen LogP contribution in [0.15, 0.2) is 91.0 Å². The molecule has 0 unspecified atom stereocenters. The molecule has 0 amide bonds. The second-order valence-corrected chi connectivity index (χ2v) is 12.8. The summed E-state index contributed by atoms with van der Waals surface area (Å²) < 4.78 is 0. The molecule has 0 radical (unpaired) electrons. The number of rotatable bonds is 13. The molecule has 0 saturated heterocycles. The van der Waals surface area contributed by atoms with Gasteiger partial charge in [-0.2, -0.15) is 0 Å². The van der Waals surface area contributed by atoms with Gasteiger partial charge in [-0.05, 0) is 106 Å². The van der Waals surface area contributed by atoms with E-state index in [4.69, 9.17) is 0 Å². The minimum absolute atomic E-state index is 0.988. The number of thiophene rings is 1. The van der Waals surface area contributed by atoms with Gasteiger partial charge in [-0.3, -0.25) is 0 Å². The van der Waals surface area contributed by atoms with Crippen molar-refractivity contribution in [3.05, 3.63) is 129 Å². The Bertz CT molecular complexity index is 1640. The van der Waals surface area contributed by atoms with E-state index in [1.165, 1.54) is 105 Å². The monoisotopic (exact) mass is 600 g/mol. The minimum atomic E-state index is 0.988. The zero-order valence-electron chi connectivity index (χ0n) is 27.6. The van der Waals surface area contributed by atoms with Crippen molar-refractivity contribution in [1.82, 2.24) is 0 Å². The third-order valence-corrected chi connectivity index (χ3v) is 9.72. The van der Waals surface area contributed by atoms with Crippen LogP contribution in [0.3, 0.4) is 0 Å². The third-order valence-electron chi connectivity index (χ3n) is 8.53. The summed E-state index contributed by atoms with van der Waals surface area (Å²) >= 11 is 1.91. The number of fused-ring (bicyclic) bond motifs is 1. The van der Waals surface area contributed by atoms with Crippen LogP contribution in [-0.2, 0) is 12.8 Å². The average Bonchev–Trinajstić information content (AvgIpc) is 3.45. The lowest BCUT2D eigenvalue weighted by atomic mass is 9.89. The largest absolute Gasteiger partial charge is 0.135 e. The number of hydrogen-bond acceptors (Lipinski definition) is 1. The normalized spacial score (nSPS) is 13.0. The first-order valence-corrected chi connectivity index (χ1v) is 18.0. The highest BCUT2D eigenvalue weighted by molar-refractivity contribution is 7.16. The van der Waals surface area contributed by atoms with Crippen molar-refractivity contribution >= 4 is 35.1 Å². The molecule has 1 heterocycles. The molecule has 0 nitrogen and oxygen atoms in total. The van der Waals surface area contributed by atoms with Gasteiger partial charge in [0.1, 0.15) is 0 Å². The first-order valence-electron chi connectivity index (χ1n) is 17.1. The van der Waals surface area contributed by atoms with E-state index in [0.29, 0.717) is 0 Å². The summed E-state index contributed by atoms with van der Waals surface area (Å²) in [7, 11) is 0. The molecule has 1 aromatic heterocycles. The summed E-state index contributed by atoms with van der Waals surface area (Å²) in [5.74, 6) is 0. The van der Waals surface area contributed by atoms with Crippen molar-refractivity contribution in [2.75, 3.05) is 0 Å². The molecular weight excluding hydrogens is 549 g/mol. The molecule has 0 saturated carbocycles. The number of unbranched alkanes of at least 4 members (excludes halogenated alkanes) is 6. The lowest BCUT2D eigenvalue weighted by molar-refractivity contribution is 0.632. The maximum Gasteiger partial charge on any atom is 0.0349 e. The standard InChI is InChI=1S/C41H46S.C2H6/c1-4-6-8-9-11-19-33-25-26-36(30-39(33)38(24-10-7-5-2)37-23-15-12-17-31(37)3)41-28-27-40(42-41)35-22-16-21-32-18-13-14-20-34(32)29-35;1-2/h12-18,20,22-23,25-30H,3-11,19,21,24H2,1-2H3;1-2H3/b38-37-;. The van der Waals surface area contributed by atoms with Crippen LogP contribution in [0.4, 0.5) is 0 Å². The molecular formula is C43H52S. The van der Waals surface area contributed by atoms with E-state index >= 15 is 0 Å². The predicted molar refractivity (Wildman–Crippen MR) is 199 cm³/mol. The van der Waals surface area contributed by atoms with Gasteiger partial charge in [0.05, 0.1) is 0 Å². The van der Waals surface area contributed by atoms with Crippen LogP contribution in [0.25, 0.3) is 34.2 Å². The number of allylic oxidation sites excluding steroid dienone is 3. The van der Waals surface area contributed by atoms with E-state index in [2.05, 4.69) is 118 Å². The highest BCUT2D eigenvalue weighted by Gasteiger charge is 2.14. The summed E-state index contributed by atoms with van der Waals surface area (Å²) in [4.78, 5) is 2.66. The van der Waals surface area contributed by atoms with Crippen molar-refractivity contribution in [3.8, 4) is 10.4 Å². The van der Waals surface area contributed by atoms with Crippen LogP contribution in [0.1, 0.15) is 113 Å². The van der Waals surface area contributed by atoms with Gasteiger partial charge >= 0.3 is 0 Å². The number of aryl methyl sites for hydroxylation is 1. The molecule has 1 aliphatic rings. The van der Waals surface area contributed by atoms with E-state index in [0.717, 1.165) is 24.5 Å². The van der Waals surface area contributed by atoms with E-state index < -0.39 is 0 Å². The predicted octanol–water partition coefficient (Wildman–Crippen LogP) is 11.8. The topological polar surface area (TPSA) is 0 Å². The van der Waals surface area contributed by atoms with Crippen molar-refractivity contribution in [2.24, 2.45) is 0 Å². The van der Waals surface area contributed by atoms with E-state index in [1.54, 1.807) is 0 Å². The number of benzene rings is 3. The van der Waals surface area contributed by atoms with Crippen molar-refractivity contribution in [2.45, 2.75) is 98.3 Å². The Morgan fingerprint density at radius 1 is 0.750 bits per heavy atom. The van der Waals surface area contributed by atoms with Crippen LogP contribution >= 0.6 is 11.3 Å². The van der Waals surface area contributed by atoms with Crippen molar-refractivity contribution < 1.29 is 0 Å². The van der Waals surface area contributed by atoms with Crippen LogP contribution < -0.4 is 10.4 Å². The van der Waals surface area contributed by atoms with E-state index in [9.17, 15) is 0 Å². The van der Waals surface area contributed by atoms with Gasteiger partial charge in [0.25, 0.3) is 0 Å². The SMILES string of the molecule is C=c1cccc/c1=C(\CCCCC)c1cc(-c2ccc(C3=Cc4ccccc4CC=C3)s2)ccc1CCCCCCC.CC. The summed E-state index contributed by atoms with van der Waals surface area (Å²) in [6, 6.07) is 29.4. The van der Waals surface area contributed by atoms with E-state index in [-0.39, 0.29) is 0 Å². The summed E-state index contributed by atoms with van der Waals surface area (Å²) in [6.07, 6.45) is 20.4. The molecule has 5 rings (SSSR count). The summed E-state index contributed by atoms with van der Waals surface area (Å²) in [6.45, 7) is 13.0. The second-order valence-electron chi connectivity index (χ2n) is 11.7. The van der Waals surface area contributed by atoms with E-state index in [1.807, 2.05) is 25.2 Å². The molecule has 4 aromatic rings. The lowest BCUT2D eigenvalue weighted by Crippen LogP contribution is -2.26. The molecule has 3 aromatic carbocycles. The van der Waals surface area contributed by atoms with Gasteiger partial charge in [0.15, 0.2) is 0 Å². The van der Waals surface area contributed by atoms with Crippen LogP contribution in [0.2, 0.25) is 0 Å². The highest BCUT2D eigenvalue weighted by atomic mass is 32.1. The van der Waals surface area contributed by atoms with Gasteiger partial charge in [-0.25, -0.2) is 0 Å². The van der Waals surface area contributed by atoms with Crippen LogP contribution in [0, 0.1) is 0 Å². The Hall–Kier alpha value is -3.42. The molecule has 1 aliphatic carbocycles. The molecule has 0 atom stereocenters. The third kappa shape index (κ3) is 8.82. The summed E-state index contributed by atoms with van der Waals surface area (Å²) in [5, 5.41) is 2.45. The lowest BCUT2D eigenvalue weighted by Gasteiger charge is -2.16. The zero-order valence-corrected chi connectivity index (χ0v) is 28.4. The Kier molecular flexibility index (Phi) is 13.5. The first kappa shape index (κ1) is 33.5. The van der Waals surface area contributed by atoms with Gasteiger partial charge in [0.2, 0.25) is 0 Å². The molecule has 230 valence electrons. The maximum absolute atomic E-state index is 4.45. The maximum atomic E-state index is 4.45. The van der Waals surface area contributed by atoms with Crippen LogP contribution in [-0.4, -0.2) is 0 Å². The van der Waals surface area contributed by atoms with Gasteiger partial charge in [0, 0.05) is 9.75 Å². The number of hydrogen-bond donors (Lipinski definition) is 0. The summed E-state index contributed by atoms with van der Waals surface area (Å²) in [5.41, 5.74) is 9.76. The fourth-order valence-electron chi connectivity index (χ4n) is 6.12. The smallest absolute Gasteiger partial charge is 0.0349 e. The van der Waals surface area contributed by atoms with Gasteiger partial charge in [-0.1, -0.05) is 146 Å². The fraction of sp³-hybridized carbons (Fsp3) is 0.349. The Morgan fingerprint density at radius 3 is 2.30 bits per heavy atom. The average molecular weight is 601 g/mol. The highest BCUT2D eigenvalue weighted by Crippen LogP contribution is 2.37. The molecule has 0 aliphatic heterocycles. The zero-order chi connectivity index (χ0) is 31.1. The first-order chi connectivity index (χ1) is 21.7. The second kappa shape index (κ2) is 17.8. The Balaban J connectivity index is 0.00000216. The molecule has 0 fully saturated rings. The van der Waals surface area contributed by atoms with Gasteiger partial charge < -0.3 is 0 Å². The van der Waals surface area contributed by atoms with Crippen molar-refractivity contribution in [1.29, 1.82) is 0 Å². The van der Waals surface area contributed by atoms with Crippen molar-refractivity contribution in [3.63, 3.8) is 0 Å². The molecule has 44 heavy (non-hydrogen) atoms. The van der Waals surface area contributed by atoms with Gasteiger partial charge in [-0.15, -0.1) is 11.3 Å². The fourth-order valence-corrected chi connectivity index (χ4v) is 7.12. The molecule has 0 bridgehead atoms. The minimum Gasteiger partial charge on any atom is -0.135 e. The van der Waals surface area contributed by atoms with Crippen LogP contribution in [0.5, 0.6) is 0 Å². The molecule has 0 spiro atoms. The Morgan fingerprint density at radius 2 is 1.48 bits per heavy atom. The molecule has 1 heteroatoms. The quantitative estimate of drug-likeness (QED) is 0.134. The Labute approximate surface area is 271 Å².